The Morgan fingerprint density at radius 1 is 1.43 bits per heavy atom. The van der Waals surface area contributed by atoms with Gasteiger partial charge in [-0.3, -0.25) is 9.48 Å². The number of hydrogen-bond acceptors (Lipinski definition) is 6. The van der Waals surface area contributed by atoms with Gasteiger partial charge >= 0.3 is 5.97 Å². The average molecular weight is 308 g/mol. The van der Waals surface area contributed by atoms with Crippen LogP contribution < -0.4 is 0 Å². The third kappa shape index (κ3) is 3.41. The van der Waals surface area contributed by atoms with E-state index in [0.717, 1.165) is 5.69 Å². The monoisotopic (exact) mass is 308 g/mol. The molecule has 0 atom stereocenters. The maximum atomic E-state index is 10.7. The zero-order chi connectivity index (χ0) is 14.7. The van der Waals surface area contributed by atoms with Crippen LogP contribution in [0, 0.1) is 0 Å². The summed E-state index contributed by atoms with van der Waals surface area (Å²) in [5, 5.41) is 24.9. The maximum Gasteiger partial charge on any atom is 0.325 e. The smallest absolute Gasteiger partial charge is 0.325 e. The highest BCUT2D eigenvalue weighted by atomic mass is 32.2. The summed E-state index contributed by atoms with van der Waals surface area (Å²) in [6, 6.07) is 2.53. The van der Waals surface area contributed by atoms with Gasteiger partial charge in [0.25, 0.3) is 0 Å². The summed E-state index contributed by atoms with van der Waals surface area (Å²) in [6.07, 6.45) is 6.97. The van der Waals surface area contributed by atoms with Crippen LogP contribution in [0.1, 0.15) is 37.4 Å². The summed E-state index contributed by atoms with van der Waals surface area (Å²) < 4.78 is 3.32. The van der Waals surface area contributed by atoms with Gasteiger partial charge in [0.15, 0.2) is 0 Å². The predicted octanol–water partition coefficient (Wildman–Crippen LogP) is 1.36. The number of hydrogen-bond donors (Lipinski definition) is 1. The molecule has 8 nitrogen and oxygen atoms in total. The van der Waals surface area contributed by atoms with Crippen LogP contribution in [0.3, 0.4) is 0 Å². The third-order valence-corrected chi connectivity index (χ3v) is 4.49. The molecule has 1 saturated carbocycles. The topological polar surface area (TPSA) is 98.7 Å². The molecule has 0 amide bonds. The maximum absolute atomic E-state index is 10.7. The minimum Gasteiger partial charge on any atom is -0.480 e. The standard InChI is InChI=1S/C12H16N6O2S/c19-11(20)7-18-12(13-15-16-18)21-8-9-5-6-17(14-9)10-3-1-2-4-10/h5-6,10H,1-4,7-8H2,(H,19,20). The van der Waals surface area contributed by atoms with E-state index >= 15 is 0 Å². The van der Waals surface area contributed by atoms with Crippen molar-refractivity contribution < 1.29 is 9.90 Å². The van der Waals surface area contributed by atoms with Crippen molar-refractivity contribution in [2.75, 3.05) is 0 Å². The number of carboxylic acid groups (broad SMARTS) is 1. The number of nitrogens with zero attached hydrogens (tertiary/aromatic N) is 6. The second kappa shape index (κ2) is 6.25. The fourth-order valence-corrected chi connectivity index (χ4v) is 3.27. The normalized spacial score (nSPS) is 15.6. The van der Waals surface area contributed by atoms with E-state index in [2.05, 4.69) is 20.6 Å². The molecule has 2 heterocycles. The largest absolute Gasteiger partial charge is 0.480 e. The van der Waals surface area contributed by atoms with Crippen LogP contribution >= 0.6 is 11.8 Å². The molecule has 0 aliphatic heterocycles. The van der Waals surface area contributed by atoms with Crippen LogP contribution in [0.4, 0.5) is 0 Å². The Labute approximate surface area is 125 Å². The number of aromatic nitrogens is 6. The van der Waals surface area contributed by atoms with Gasteiger partial charge in [-0.05, 0) is 29.3 Å². The quantitative estimate of drug-likeness (QED) is 0.804. The summed E-state index contributed by atoms with van der Waals surface area (Å²) in [4.78, 5) is 10.7. The van der Waals surface area contributed by atoms with Gasteiger partial charge in [-0.1, -0.05) is 24.6 Å². The number of carboxylic acids is 1. The van der Waals surface area contributed by atoms with E-state index in [1.54, 1.807) is 0 Å². The van der Waals surface area contributed by atoms with E-state index in [-0.39, 0.29) is 6.54 Å². The van der Waals surface area contributed by atoms with Crippen molar-refractivity contribution in [3.8, 4) is 0 Å². The zero-order valence-corrected chi connectivity index (χ0v) is 12.2. The molecule has 0 saturated heterocycles. The number of tetrazole rings is 1. The fraction of sp³-hybridized carbons (Fsp3) is 0.583. The zero-order valence-electron chi connectivity index (χ0n) is 11.4. The number of rotatable bonds is 6. The first-order valence-electron chi connectivity index (χ1n) is 6.87. The lowest BCUT2D eigenvalue weighted by molar-refractivity contribution is -0.138. The number of thioether (sulfide) groups is 1. The molecular formula is C12H16N6O2S. The van der Waals surface area contributed by atoms with E-state index < -0.39 is 5.97 Å². The van der Waals surface area contributed by atoms with Crippen molar-refractivity contribution in [2.45, 2.75) is 49.2 Å². The van der Waals surface area contributed by atoms with Gasteiger partial charge in [-0.2, -0.15) is 5.10 Å². The van der Waals surface area contributed by atoms with Crippen molar-refractivity contribution in [3.05, 3.63) is 18.0 Å². The highest BCUT2D eigenvalue weighted by molar-refractivity contribution is 7.98. The van der Waals surface area contributed by atoms with Crippen molar-refractivity contribution in [1.29, 1.82) is 0 Å². The van der Waals surface area contributed by atoms with Gasteiger partial charge < -0.3 is 5.11 Å². The average Bonchev–Trinajstić information content (AvgIpc) is 3.17. The Hall–Kier alpha value is -1.90. The molecule has 0 aromatic carbocycles. The first kappa shape index (κ1) is 14.1. The van der Waals surface area contributed by atoms with Gasteiger partial charge in [-0.25, -0.2) is 4.68 Å². The summed E-state index contributed by atoms with van der Waals surface area (Å²) in [6.45, 7) is -0.230. The minimum atomic E-state index is -0.963. The molecular weight excluding hydrogens is 292 g/mol. The van der Waals surface area contributed by atoms with Crippen molar-refractivity contribution in [2.24, 2.45) is 0 Å². The molecule has 2 aromatic rings. The van der Waals surface area contributed by atoms with Crippen molar-refractivity contribution >= 4 is 17.7 Å². The molecule has 9 heteroatoms. The molecule has 0 unspecified atom stereocenters. The Balaban J connectivity index is 1.60. The summed E-state index contributed by atoms with van der Waals surface area (Å²) in [7, 11) is 0. The second-order valence-corrected chi connectivity index (χ2v) is 5.97. The molecule has 1 N–H and O–H groups in total. The Kier molecular flexibility index (Phi) is 4.18. The van der Waals surface area contributed by atoms with E-state index in [1.165, 1.54) is 42.1 Å². The molecule has 1 aliphatic rings. The molecule has 2 aromatic heterocycles. The lowest BCUT2D eigenvalue weighted by Gasteiger charge is -2.08. The van der Waals surface area contributed by atoms with E-state index in [9.17, 15) is 4.79 Å². The molecule has 1 aliphatic carbocycles. The van der Waals surface area contributed by atoms with Gasteiger partial charge in [0.1, 0.15) is 6.54 Å². The van der Waals surface area contributed by atoms with Crippen molar-refractivity contribution in [1.82, 2.24) is 30.0 Å². The van der Waals surface area contributed by atoms with E-state index in [4.69, 9.17) is 5.11 Å². The number of carbonyl (C=O) groups is 1. The van der Waals surface area contributed by atoms with Crippen LogP contribution in [0.5, 0.6) is 0 Å². The Morgan fingerprint density at radius 2 is 2.24 bits per heavy atom. The van der Waals surface area contributed by atoms with Crippen molar-refractivity contribution in [3.63, 3.8) is 0 Å². The predicted molar refractivity (Wildman–Crippen MR) is 74.7 cm³/mol. The van der Waals surface area contributed by atoms with Gasteiger partial charge in [0.2, 0.25) is 5.16 Å². The lowest BCUT2D eigenvalue weighted by atomic mass is 10.3. The third-order valence-electron chi connectivity index (χ3n) is 3.50. The first-order valence-corrected chi connectivity index (χ1v) is 7.86. The Morgan fingerprint density at radius 3 is 3.00 bits per heavy atom. The fourth-order valence-electron chi connectivity index (χ4n) is 2.49. The second-order valence-electron chi connectivity index (χ2n) is 5.03. The van der Waals surface area contributed by atoms with Crippen LogP contribution in [0.2, 0.25) is 0 Å². The molecule has 112 valence electrons. The van der Waals surface area contributed by atoms with Gasteiger partial charge in [0.05, 0.1) is 11.7 Å². The minimum absolute atomic E-state index is 0.230. The molecule has 3 rings (SSSR count). The summed E-state index contributed by atoms with van der Waals surface area (Å²) in [5.74, 6) is -0.339. The summed E-state index contributed by atoms with van der Waals surface area (Å²) in [5.41, 5.74) is 0.955. The van der Waals surface area contributed by atoms with E-state index in [0.29, 0.717) is 17.0 Å². The van der Waals surface area contributed by atoms with Crippen LogP contribution in [-0.4, -0.2) is 41.1 Å². The molecule has 1 fully saturated rings. The number of aliphatic carboxylic acids is 1. The summed E-state index contributed by atoms with van der Waals surface area (Å²) >= 11 is 1.39. The first-order chi connectivity index (χ1) is 10.2. The molecule has 21 heavy (non-hydrogen) atoms. The molecule has 0 spiro atoms. The highest BCUT2D eigenvalue weighted by Crippen LogP contribution is 2.29. The highest BCUT2D eigenvalue weighted by Gasteiger charge is 2.18. The van der Waals surface area contributed by atoms with Gasteiger partial charge in [0, 0.05) is 11.9 Å². The lowest BCUT2D eigenvalue weighted by Crippen LogP contribution is -2.11. The molecule has 0 radical (unpaired) electrons. The van der Waals surface area contributed by atoms with E-state index in [1.807, 2.05) is 16.9 Å². The molecule has 0 bridgehead atoms. The van der Waals surface area contributed by atoms with Gasteiger partial charge in [-0.15, -0.1) is 5.10 Å². The van der Waals surface area contributed by atoms with Crippen LogP contribution in [-0.2, 0) is 17.1 Å². The van der Waals surface area contributed by atoms with Crippen LogP contribution in [0.25, 0.3) is 0 Å². The Bertz CT molecular complexity index is 619. The van der Waals surface area contributed by atoms with Crippen LogP contribution in [0.15, 0.2) is 17.4 Å². The SMILES string of the molecule is O=C(O)Cn1nnnc1SCc1ccn(C2CCCC2)n1.